The van der Waals surface area contributed by atoms with E-state index in [0.29, 0.717) is 36.6 Å². The lowest BCUT2D eigenvalue weighted by atomic mass is 10.1. The van der Waals surface area contributed by atoms with Gasteiger partial charge in [0.25, 0.3) is 11.8 Å². The van der Waals surface area contributed by atoms with Crippen LogP contribution in [0.25, 0.3) is 0 Å². The molecule has 1 aromatic heterocycles. The standard InChI is InChI=1S/C20H22N4O4/c1-2-3-10-28-20(27)22-11-14(13-24-17(22)8-9-21-24)12-23-18(25)15-6-4-5-7-16(15)19(23)26/h4-9,14H,2-3,10-13H2,1H3. The van der Waals surface area contributed by atoms with Crippen LogP contribution in [0.3, 0.4) is 0 Å². The summed E-state index contributed by atoms with van der Waals surface area (Å²) < 4.78 is 7.07. The van der Waals surface area contributed by atoms with Gasteiger partial charge in [-0.05, 0) is 18.6 Å². The summed E-state index contributed by atoms with van der Waals surface area (Å²) in [6.45, 7) is 3.51. The minimum absolute atomic E-state index is 0.131. The Balaban J connectivity index is 1.50. The molecule has 0 radical (unpaired) electrons. The number of anilines is 1. The Morgan fingerprint density at radius 2 is 1.86 bits per heavy atom. The summed E-state index contributed by atoms with van der Waals surface area (Å²) in [5, 5.41) is 4.27. The van der Waals surface area contributed by atoms with Gasteiger partial charge in [0.15, 0.2) is 0 Å². The number of hydrogen-bond acceptors (Lipinski definition) is 5. The van der Waals surface area contributed by atoms with E-state index in [1.165, 1.54) is 9.80 Å². The van der Waals surface area contributed by atoms with Crippen LogP contribution in [0.4, 0.5) is 10.6 Å². The molecule has 3 heterocycles. The maximum atomic E-state index is 12.6. The van der Waals surface area contributed by atoms with E-state index in [1.54, 1.807) is 41.2 Å². The van der Waals surface area contributed by atoms with Gasteiger partial charge in [-0.2, -0.15) is 5.10 Å². The van der Waals surface area contributed by atoms with Gasteiger partial charge in [-0.25, -0.2) is 9.48 Å². The first kappa shape index (κ1) is 18.2. The van der Waals surface area contributed by atoms with E-state index in [-0.39, 0.29) is 24.3 Å². The molecule has 1 aromatic carbocycles. The first-order chi connectivity index (χ1) is 13.6. The summed E-state index contributed by atoms with van der Waals surface area (Å²) in [7, 11) is 0. The van der Waals surface area contributed by atoms with Crippen molar-refractivity contribution in [2.45, 2.75) is 26.3 Å². The van der Waals surface area contributed by atoms with E-state index in [4.69, 9.17) is 4.74 Å². The number of hydrogen-bond donors (Lipinski definition) is 0. The van der Waals surface area contributed by atoms with Crippen LogP contribution in [0.1, 0.15) is 40.5 Å². The second kappa shape index (κ2) is 7.46. The minimum Gasteiger partial charge on any atom is -0.449 e. The first-order valence-electron chi connectivity index (χ1n) is 9.51. The van der Waals surface area contributed by atoms with Crippen molar-refractivity contribution < 1.29 is 19.1 Å². The SMILES string of the molecule is CCCCOC(=O)N1CC(CN2C(=O)c3ccccc3C2=O)Cn2nccc21. The van der Waals surface area contributed by atoms with Crippen molar-refractivity contribution in [3.8, 4) is 0 Å². The zero-order valence-electron chi connectivity index (χ0n) is 15.7. The number of imide groups is 1. The smallest absolute Gasteiger partial charge is 0.415 e. The molecular formula is C20H22N4O4. The largest absolute Gasteiger partial charge is 0.449 e. The Hall–Kier alpha value is -3.16. The van der Waals surface area contributed by atoms with Crippen LogP contribution in [0, 0.1) is 5.92 Å². The summed E-state index contributed by atoms with van der Waals surface area (Å²) in [6, 6.07) is 8.59. The van der Waals surface area contributed by atoms with Crippen molar-refractivity contribution in [1.29, 1.82) is 0 Å². The number of nitrogens with zero attached hydrogens (tertiary/aromatic N) is 4. The van der Waals surface area contributed by atoms with E-state index in [0.717, 1.165) is 12.8 Å². The second-order valence-electron chi connectivity index (χ2n) is 7.08. The lowest BCUT2D eigenvalue weighted by molar-refractivity contribution is 0.0621. The molecule has 8 nitrogen and oxygen atoms in total. The summed E-state index contributed by atoms with van der Waals surface area (Å²) in [6.07, 6.45) is 2.94. The molecule has 8 heteroatoms. The van der Waals surface area contributed by atoms with Crippen LogP contribution in [0.15, 0.2) is 36.5 Å². The quantitative estimate of drug-likeness (QED) is 0.586. The fraction of sp³-hybridized carbons (Fsp3) is 0.400. The molecule has 1 unspecified atom stereocenters. The van der Waals surface area contributed by atoms with Crippen molar-refractivity contribution >= 4 is 23.7 Å². The Kier molecular flexibility index (Phi) is 4.85. The van der Waals surface area contributed by atoms with E-state index in [2.05, 4.69) is 5.10 Å². The van der Waals surface area contributed by atoms with Gasteiger partial charge >= 0.3 is 6.09 Å². The molecule has 0 saturated carbocycles. The fourth-order valence-corrected chi connectivity index (χ4v) is 3.68. The molecular weight excluding hydrogens is 360 g/mol. The van der Waals surface area contributed by atoms with E-state index in [9.17, 15) is 14.4 Å². The van der Waals surface area contributed by atoms with Crippen molar-refractivity contribution in [1.82, 2.24) is 14.7 Å². The van der Waals surface area contributed by atoms with Gasteiger partial charge in [-0.15, -0.1) is 0 Å². The van der Waals surface area contributed by atoms with Gasteiger partial charge in [-0.3, -0.25) is 19.4 Å². The molecule has 2 aliphatic rings. The monoisotopic (exact) mass is 382 g/mol. The van der Waals surface area contributed by atoms with Gasteiger partial charge in [0.1, 0.15) is 5.82 Å². The van der Waals surface area contributed by atoms with Crippen LogP contribution in [0.2, 0.25) is 0 Å². The number of rotatable bonds is 5. The highest BCUT2D eigenvalue weighted by Gasteiger charge is 2.38. The highest BCUT2D eigenvalue weighted by atomic mass is 16.6. The Labute approximate surface area is 162 Å². The molecule has 0 spiro atoms. The number of benzene rings is 1. The highest BCUT2D eigenvalue weighted by Crippen LogP contribution is 2.28. The number of carbonyl (C=O) groups excluding carboxylic acids is 3. The summed E-state index contributed by atoms with van der Waals surface area (Å²) in [5.41, 5.74) is 0.859. The third-order valence-electron chi connectivity index (χ3n) is 5.11. The topological polar surface area (TPSA) is 84.7 Å². The molecule has 0 N–H and O–H groups in total. The highest BCUT2D eigenvalue weighted by molar-refractivity contribution is 6.21. The molecule has 2 aromatic rings. The summed E-state index contributed by atoms with van der Waals surface area (Å²) >= 11 is 0. The van der Waals surface area contributed by atoms with Gasteiger partial charge < -0.3 is 4.74 Å². The second-order valence-corrected chi connectivity index (χ2v) is 7.08. The molecule has 146 valence electrons. The van der Waals surface area contributed by atoms with Gasteiger partial charge in [0.05, 0.1) is 23.9 Å². The van der Waals surface area contributed by atoms with Crippen molar-refractivity contribution in [3.63, 3.8) is 0 Å². The van der Waals surface area contributed by atoms with Crippen LogP contribution in [-0.2, 0) is 11.3 Å². The number of amides is 3. The van der Waals surface area contributed by atoms with Crippen LogP contribution in [0.5, 0.6) is 0 Å². The predicted molar refractivity (Wildman–Crippen MR) is 101 cm³/mol. The molecule has 28 heavy (non-hydrogen) atoms. The zero-order chi connectivity index (χ0) is 19.7. The Morgan fingerprint density at radius 3 is 2.54 bits per heavy atom. The molecule has 0 saturated heterocycles. The summed E-state index contributed by atoms with van der Waals surface area (Å²) in [4.78, 5) is 40.6. The van der Waals surface area contributed by atoms with E-state index in [1.807, 2.05) is 6.92 Å². The number of fused-ring (bicyclic) bond motifs is 2. The molecule has 0 aliphatic carbocycles. The van der Waals surface area contributed by atoms with Crippen molar-refractivity contribution in [2.24, 2.45) is 5.92 Å². The first-order valence-corrected chi connectivity index (χ1v) is 9.51. The number of unbranched alkanes of at least 4 members (excludes halogenated alkanes) is 1. The maximum absolute atomic E-state index is 12.6. The van der Waals surface area contributed by atoms with E-state index < -0.39 is 6.09 Å². The van der Waals surface area contributed by atoms with Gasteiger partial charge in [-0.1, -0.05) is 25.5 Å². The number of ether oxygens (including phenoxy) is 1. The van der Waals surface area contributed by atoms with Crippen LogP contribution < -0.4 is 4.90 Å². The molecule has 0 bridgehead atoms. The maximum Gasteiger partial charge on any atom is 0.415 e. The third-order valence-corrected chi connectivity index (χ3v) is 5.11. The fourth-order valence-electron chi connectivity index (χ4n) is 3.68. The predicted octanol–water partition coefficient (Wildman–Crippen LogP) is 2.55. The normalized spacial score (nSPS) is 18.2. The lowest BCUT2D eigenvalue weighted by Crippen LogP contribution is -2.47. The van der Waals surface area contributed by atoms with Crippen molar-refractivity contribution in [2.75, 3.05) is 24.6 Å². The Bertz CT molecular complexity index is 887. The molecule has 4 rings (SSSR count). The lowest BCUT2D eigenvalue weighted by Gasteiger charge is -2.34. The zero-order valence-corrected chi connectivity index (χ0v) is 15.7. The molecule has 1 atom stereocenters. The average molecular weight is 382 g/mol. The van der Waals surface area contributed by atoms with Gasteiger partial charge in [0.2, 0.25) is 0 Å². The summed E-state index contributed by atoms with van der Waals surface area (Å²) in [5.74, 6) is -0.0404. The van der Waals surface area contributed by atoms with Crippen molar-refractivity contribution in [3.05, 3.63) is 47.7 Å². The molecule has 0 fully saturated rings. The van der Waals surface area contributed by atoms with Crippen LogP contribution in [-0.4, -0.2) is 52.3 Å². The molecule has 2 aliphatic heterocycles. The van der Waals surface area contributed by atoms with E-state index >= 15 is 0 Å². The van der Waals surface area contributed by atoms with Gasteiger partial charge in [0, 0.05) is 31.6 Å². The third kappa shape index (κ3) is 3.15. The molecule has 3 amide bonds. The number of carbonyl (C=O) groups is 3. The Morgan fingerprint density at radius 1 is 1.14 bits per heavy atom. The number of aromatic nitrogens is 2. The average Bonchev–Trinajstić information content (AvgIpc) is 3.27. The van der Waals surface area contributed by atoms with Crippen LogP contribution >= 0.6 is 0 Å². The minimum atomic E-state index is -0.428.